The Kier molecular flexibility index (Phi) is 3.23. The van der Waals surface area contributed by atoms with Gasteiger partial charge in [-0.1, -0.05) is 30.3 Å². The van der Waals surface area contributed by atoms with Gasteiger partial charge >= 0.3 is 0 Å². The van der Waals surface area contributed by atoms with Crippen LogP contribution in [0.25, 0.3) is 11.3 Å². The van der Waals surface area contributed by atoms with Crippen molar-refractivity contribution in [2.24, 2.45) is 0 Å². The quantitative estimate of drug-likeness (QED) is 0.864. The molecule has 1 aromatic carbocycles. The Morgan fingerprint density at radius 2 is 1.83 bits per heavy atom. The lowest BCUT2D eigenvalue weighted by Crippen LogP contribution is -2.23. The highest BCUT2D eigenvalue weighted by Gasteiger charge is 2.13. The van der Waals surface area contributed by atoms with E-state index in [1.54, 1.807) is 20.2 Å². The van der Waals surface area contributed by atoms with Crippen LogP contribution in [0.15, 0.2) is 36.4 Å². The third kappa shape index (κ3) is 2.45. The van der Waals surface area contributed by atoms with E-state index in [0.29, 0.717) is 11.4 Å². The summed E-state index contributed by atoms with van der Waals surface area (Å²) in [4.78, 5) is 21.4. The van der Waals surface area contributed by atoms with Crippen molar-refractivity contribution < 1.29 is 4.79 Å². The highest BCUT2D eigenvalue weighted by Crippen LogP contribution is 2.18. The summed E-state index contributed by atoms with van der Waals surface area (Å²) in [6, 6.07) is 11.2. The van der Waals surface area contributed by atoms with Crippen molar-refractivity contribution in [1.29, 1.82) is 0 Å². The highest BCUT2D eigenvalue weighted by atomic mass is 16.2. The zero-order chi connectivity index (χ0) is 13.1. The number of hydrogen-bond acceptors (Lipinski definition) is 4. The molecule has 0 spiro atoms. The van der Waals surface area contributed by atoms with Crippen molar-refractivity contribution in [2.45, 2.75) is 0 Å². The van der Waals surface area contributed by atoms with E-state index >= 15 is 0 Å². The number of carbonyl (C=O) groups excluding carboxylic acids is 1. The Balaban J connectivity index is 2.48. The molecule has 0 aliphatic carbocycles. The molecule has 18 heavy (non-hydrogen) atoms. The number of amides is 1. The maximum Gasteiger partial charge on any atom is 0.272 e. The molecule has 1 heterocycles. The molecule has 2 N–H and O–H groups in total. The summed E-state index contributed by atoms with van der Waals surface area (Å²) in [5.74, 6) is -0.0946. The van der Waals surface area contributed by atoms with Crippen LogP contribution in [0.1, 0.15) is 10.5 Å². The molecular formula is C13H14N4O. The van der Waals surface area contributed by atoms with Gasteiger partial charge < -0.3 is 10.6 Å². The first kappa shape index (κ1) is 12.0. The standard InChI is InChI=1S/C13H14N4O/c1-17(2)12(18)11-8-10(15-13(14)16-11)9-6-4-3-5-7-9/h3-8H,1-2H3,(H2,14,15,16). The molecule has 0 fully saturated rings. The summed E-state index contributed by atoms with van der Waals surface area (Å²) in [5.41, 5.74) is 7.49. The van der Waals surface area contributed by atoms with Gasteiger partial charge in [0.25, 0.3) is 5.91 Å². The number of rotatable bonds is 2. The van der Waals surface area contributed by atoms with Crippen molar-refractivity contribution in [3.8, 4) is 11.3 Å². The number of carbonyl (C=O) groups is 1. The van der Waals surface area contributed by atoms with Crippen LogP contribution >= 0.6 is 0 Å². The monoisotopic (exact) mass is 242 g/mol. The molecule has 92 valence electrons. The van der Waals surface area contributed by atoms with Gasteiger partial charge in [0.15, 0.2) is 0 Å². The summed E-state index contributed by atoms with van der Waals surface area (Å²) in [5, 5.41) is 0. The maximum absolute atomic E-state index is 11.9. The van der Waals surface area contributed by atoms with Crippen LogP contribution in [0.2, 0.25) is 0 Å². The molecule has 0 unspecified atom stereocenters. The maximum atomic E-state index is 11.9. The highest BCUT2D eigenvalue weighted by molar-refractivity contribution is 5.93. The van der Waals surface area contributed by atoms with Gasteiger partial charge in [-0.25, -0.2) is 9.97 Å². The van der Waals surface area contributed by atoms with Crippen molar-refractivity contribution in [3.63, 3.8) is 0 Å². The molecule has 0 saturated carbocycles. The predicted octanol–water partition coefficient (Wildman–Crippen LogP) is 1.43. The predicted molar refractivity (Wildman–Crippen MR) is 69.9 cm³/mol. The van der Waals surface area contributed by atoms with E-state index in [0.717, 1.165) is 5.56 Å². The molecule has 0 aliphatic rings. The van der Waals surface area contributed by atoms with Crippen LogP contribution in [0.5, 0.6) is 0 Å². The fraction of sp³-hybridized carbons (Fsp3) is 0.154. The lowest BCUT2D eigenvalue weighted by molar-refractivity contribution is 0.0822. The molecule has 2 aromatic rings. The van der Waals surface area contributed by atoms with Gasteiger partial charge in [-0.15, -0.1) is 0 Å². The second-order valence-electron chi connectivity index (χ2n) is 4.06. The van der Waals surface area contributed by atoms with E-state index in [1.807, 2.05) is 30.3 Å². The Morgan fingerprint density at radius 3 is 2.44 bits per heavy atom. The summed E-state index contributed by atoms with van der Waals surface area (Å²) in [6.45, 7) is 0. The second-order valence-corrected chi connectivity index (χ2v) is 4.06. The average Bonchev–Trinajstić information content (AvgIpc) is 2.38. The van der Waals surface area contributed by atoms with E-state index in [4.69, 9.17) is 5.73 Å². The van der Waals surface area contributed by atoms with Crippen molar-refractivity contribution in [3.05, 3.63) is 42.1 Å². The smallest absolute Gasteiger partial charge is 0.272 e. The number of anilines is 1. The molecule has 0 radical (unpaired) electrons. The first-order chi connectivity index (χ1) is 8.58. The second kappa shape index (κ2) is 4.83. The Bertz CT molecular complexity index is 566. The van der Waals surface area contributed by atoms with Crippen molar-refractivity contribution in [2.75, 3.05) is 19.8 Å². The zero-order valence-electron chi connectivity index (χ0n) is 10.3. The van der Waals surface area contributed by atoms with Gasteiger partial charge in [-0.3, -0.25) is 4.79 Å². The van der Waals surface area contributed by atoms with Gasteiger partial charge in [0.05, 0.1) is 5.69 Å². The summed E-state index contributed by atoms with van der Waals surface area (Å²) in [7, 11) is 3.34. The van der Waals surface area contributed by atoms with Gasteiger partial charge in [-0.2, -0.15) is 0 Å². The number of nitrogen functional groups attached to an aromatic ring is 1. The molecule has 5 heteroatoms. The van der Waals surface area contributed by atoms with Crippen molar-refractivity contribution in [1.82, 2.24) is 14.9 Å². The average molecular weight is 242 g/mol. The number of hydrogen-bond donors (Lipinski definition) is 1. The lowest BCUT2D eigenvalue weighted by Gasteiger charge is -2.10. The first-order valence-corrected chi connectivity index (χ1v) is 5.49. The SMILES string of the molecule is CN(C)C(=O)c1cc(-c2ccccc2)nc(N)n1. The molecule has 5 nitrogen and oxygen atoms in total. The van der Waals surface area contributed by atoms with E-state index in [2.05, 4.69) is 9.97 Å². The van der Waals surface area contributed by atoms with Crippen LogP contribution < -0.4 is 5.73 Å². The third-order valence-electron chi connectivity index (χ3n) is 2.44. The lowest BCUT2D eigenvalue weighted by atomic mass is 10.1. The minimum absolute atomic E-state index is 0.0987. The fourth-order valence-corrected chi connectivity index (χ4v) is 1.56. The van der Waals surface area contributed by atoms with Crippen LogP contribution in [-0.4, -0.2) is 34.9 Å². The molecule has 0 atom stereocenters. The molecule has 1 amide bonds. The number of aromatic nitrogens is 2. The Morgan fingerprint density at radius 1 is 1.17 bits per heavy atom. The van der Waals surface area contributed by atoms with E-state index in [-0.39, 0.29) is 11.9 Å². The van der Waals surface area contributed by atoms with Crippen LogP contribution in [-0.2, 0) is 0 Å². The summed E-state index contributed by atoms with van der Waals surface area (Å²) < 4.78 is 0. The normalized spacial score (nSPS) is 10.1. The fourth-order valence-electron chi connectivity index (χ4n) is 1.56. The number of nitrogens with two attached hydrogens (primary N) is 1. The Hall–Kier alpha value is -2.43. The van der Waals surface area contributed by atoms with Crippen molar-refractivity contribution >= 4 is 11.9 Å². The van der Waals surface area contributed by atoms with Crippen LogP contribution in [0.4, 0.5) is 5.95 Å². The molecule has 1 aromatic heterocycles. The topological polar surface area (TPSA) is 72.1 Å². The first-order valence-electron chi connectivity index (χ1n) is 5.49. The van der Waals surface area contributed by atoms with E-state index in [1.165, 1.54) is 4.90 Å². The summed E-state index contributed by atoms with van der Waals surface area (Å²) >= 11 is 0. The molecule has 0 aliphatic heterocycles. The molecular weight excluding hydrogens is 228 g/mol. The minimum Gasteiger partial charge on any atom is -0.368 e. The van der Waals surface area contributed by atoms with E-state index in [9.17, 15) is 4.79 Å². The Labute approximate surface area is 105 Å². The van der Waals surface area contributed by atoms with Gasteiger partial charge in [-0.05, 0) is 6.07 Å². The van der Waals surface area contributed by atoms with Gasteiger partial charge in [0.2, 0.25) is 5.95 Å². The number of nitrogens with zero attached hydrogens (tertiary/aromatic N) is 3. The number of benzene rings is 1. The third-order valence-corrected chi connectivity index (χ3v) is 2.44. The minimum atomic E-state index is -0.193. The van der Waals surface area contributed by atoms with Gasteiger partial charge in [0, 0.05) is 19.7 Å². The van der Waals surface area contributed by atoms with Gasteiger partial charge in [0.1, 0.15) is 5.69 Å². The molecule has 0 bridgehead atoms. The molecule has 0 saturated heterocycles. The van der Waals surface area contributed by atoms with Crippen LogP contribution in [0.3, 0.4) is 0 Å². The van der Waals surface area contributed by atoms with E-state index < -0.39 is 0 Å². The largest absolute Gasteiger partial charge is 0.368 e. The summed E-state index contributed by atoms with van der Waals surface area (Å²) in [6.07, 6.45) is 0. The zero-order valence-corrected chi connectivity index (χ0v) is 10.3. The molecule has 2 rings (SSSR count). The van der Waals surface area contributed by atoms with Crippen LogP contribution in [0, 0.1) is 0 Å².